The van der Waals surface area contributed by atoms with Gasteiger partial charge in [-0.25, -0.2) is 0 Å². The van der Waals surface area contributed by atoms with Crippen LogP contribution in [0.5, 0.6) is 0 Å². The van der Waals surface area contributed by atoms with E-state index in [2.05, 4.69) is 34.1 Å². The number of hydrogen-bond acceptors (Lipinski definition) is 5. The third-order valence-electron chi connectivity index (χ3n) is 4.12. The SMILES string of the molecule is CN(CC1(N(C)C)CCC1)c1nnccc1C(=N)N. The molecular formula is C13H22N6. The van der Waals surface area contributed by atoms with Crippen molar-refractivity contribution in [3.63, 3.8) is 0 Å². The zero-order chi connectivity index (χ0) is 14.0. The van der Waals surface area contributed by atoms with Gasteiger partial charge in [0.1, 0.15) is 5.84 Å². The van der Waals surface area contributed by atoms with E-state index in [1.807, 2.05) is 7.05 Å². The molecule has 0 bridgehead atoms. The predicted octanol–water partition coefficient (Wildman–Crippen LogP) is 0.681. The molecule has 0 amide bonds. The van der Waals surface area contributed by atoms with E-state index in [0.717, 1.165) is 6.54 Å². The van der Waals surface area contributed by atoms with Gasteiger partial charge in [0.05, 0.1) is 11.8 Å². The van der Waals surface area contributed by atoms with Gasteiger partial charge in [-0.3, -0.25) is 5.41 Å². The van der Waals surface area contributed by atoms with Crippen LogP contribution in [0.4, 0.5) is 5.82 Å². The van der Waals surface area contributed by atoms with E-state index in [4.69, 9.17) is 11.1 Å². The largest absolute Gasteiger partial charge is 0.384 e. The molecule has 0 aromatic carbocycles. The van der Waals surface area contributed by atoms with E-state index >= 15 is 0 Å². The van der Waals surface area contributed by atoms with Gasteiger partial charge < -0.3 is 15.5 Å². The number of nitrogen functional groups attached to an aromatic ring is 1. The van der Waals surface area contributed by atoms with E-state index < -0.39 is 0 Å². The van der Waals surface area contributed by atoms with Gasteiger partial charge in [-0.05, 0) is 39.4 Å². The van der Waals surface area contributed by atoms with Crippen molar-refractivity contribution in [3.05, 3.63) is 17.8 Å². The van der Waals surface area contributed by atoms with Crippen LogP contribution in [0.3, 0.4) is 0 Å². The first kappa shape index (κ1) is 13.7. The first-order chi connectivity index (χ1) is 8.96. The molecule has 0 radical (unpaired) electrons. The Morgan fingerprint density at radius 3 is 2.58 bits per heavy atom. The van der Waals surface area contributed by atoms with E-state index in [9.17, 15) is 0 Å². The molecule has 0 unspecified atom stereocenters. The summed E-state index contributed by atoms with van der Waals surface area (Å²) in [4.78, 5) is 4.35. The van der Waals surface area contributed by atoms with Gasteiger partial charge in [0.2, 0.25) is 0 Å². The number of aromatic nitrogens is 2. The lowest BCUT2D eigenvalue weighted by Crippen LogP contribution is -2.57. The summed E-state index contributed by atoms with van der Waals surface area (Å²) in [7, 11) is 6.23. The molecule has 1 aliphatic rings. The van der Waals surface area contributed by atoms with Crippen molar-refractivity contribution < 1.29 is 0 Å². The van der Waals surface area contributed by atoms with Crippen LogP contribution in [0.2, 0.25) is 0 Å². The minimum absolute atomic E-state index is 0.0317. The van der Waals surface area contributed by atoms with Crippen molar-refractivity contribution in [1.29, 1.82) is 5.41 Å². The lowest BCUT2D eigenvalue weighted by atomic mass is 9.75. The number of hydrogen-bond donors (Lipinski definition) is 2. The molecule has 104 valence electrons. The maximum atomic E-state index is 7.62. The maximum Gasteiger partial charge on any atom is 0.162 e. The van der Waals surface area contributed by atoms with Crippen LogP contribution in [0.25, 0.3) is 0 Å². The highest BCUT2D eigenvalue weighted by Gasteiger charge is 2.40. The zero-order valence-corrected chi connectivity index (χ0v) is 11.8. The summed E-state index contributed by atoms with van der Waals surface area (Å²) in [6.45, 7) is 0.874. The summed E-state index contributed by atoms with van der Waals surface area (Å²) in [5.41, 5.74) is 6.45. The third kappa shape index (κ3) is 2.53. The second kappa shape index (κ2) is 5.13. The molecule has 3 N–H and O–H groups in total. The molecule has 1 aromatic heterocycles. The topological polar surface area (TPSA) is 82.1 Å². The summed E-state index contributed by atoms with van der Waals surface area (Å²) < 4.78 is 0. The first-order valence-corrected chi connectivity index (χ1v) is 6.51. The van der Waals surface area contributed by atoms with E-state index in [-0.39, 0.29) is 11.4 Å². The van der Waals surface area contributed by atoms with Crippen molar-refractivity contribution in [3.8, 4) is 0 Å². The fourth-order valence-corrected chi connectivity index (χ4v) is 2.66. The van der Waals surface area contributed by atoms with Crippen LogP contribution in [-0.4, -0.2) is 54.2 Å². The number of likely N-dealkylation sites (N-methyl/N-ethyl adjacent to an activating group) is 2. The van der Waals surface area contributed by atoms with E-state index in [1.165, 1.54) is 19.3 Å². The molecular weight excluding hydrogens is 240 g/mol. The fraction of sp³-hybridized carbons (Fsp3) is 0.615. The Bertz CT molecular complexity index is 466. The Kier molecular flexibility index (Phi) is 3.71. The summed E-state index contributed by atoms with van der Waals surface area (Å²) in [6, 6.07) is 1.74. The molecule has 1 heterocycles. The average Bonchev–Trinajstić information content (AvgIpc) is 2.33. The summed E-state index contributed by atoms with van der Waals surface area (Å²) in [5, 5.41) is 15.7. The fourth-order valence-electron chi connectivity index (χ4n) is 2.66. The number of rotatable bonds is 5. The molecule has 6 heteroatoms. The Morgan fingerprint density at radius 2 is 2.11 bits per heavy atom. The molecule has 0 atom stereocenters. The van der Waals surface area contributed by atoms with Crippen LogP contribution >= 0.6 is 0 Å². The third-order valence-corrected chi connectivity index (χ3v) is 4.12. The number of nitrogens with one attached hydrogen (secondary N) is 1. The normalized spacial score (nSPS) is 17.1. The van der Waals surface area contributed by atoms with E-state index in [0.29, 0.717) is 11.4 Å². The van der Waals surface area contributed by atoms with Gasteiger partial charge in [-0.15, -0.1) is 5.10 Å². The Balaban J connectivity index is 2.20. The smallest absolute Gasteiger partial charge is 0.162 e. The molecule has 19 heavy (non-hydrogen) atoms. The molecule has 0 saturated heterocycles. The predicted molar refractivity (Wildman–Crippen MR) is 76.6 cm³/mol. The molecule has 1 aliphatic carbocycles. The lowest BCUT2D eigenvalue weighted by molar-refractivity contribution is 0.0681. The summed E-state index contributed by atoms with van der Waals surface area (Å²) in [5.74, 6) is 0.715. The number of anilines is 1. The van der Waals surface area contributed by atoms with Crippen molar-refractivity contribution in [2.75, 3.05) is 32.6 Å². The van der Waals surface area contributed by atoms with Crippen LogP contribution in [0.15, 0.2) is 12.3 Å². The van der Waals surface area contributed by atoms with Crippen LogP contribution in [0, 0.1) is 5.41 Å². The van der Waals surface area contributed by atoms with Gasteiger partial charge in [-0.1, -0.05) is 0 Å². The highest BCUT2D eigenvalue weighted by atomic mass is 15.3. The van der Waals surface area contributed by atoms with Crippen molar-refractivity contribution in [1.82, 2.24) is 15.1 Å². The number of nitrogens with zero attached hydrogens (tertiary/aromatic N) is 4. The molecule has 0 aliphatic heterocycles. The molecule has 1 saturated carbocycles. The van der Waals surface area contributed by atoms with Crippen LogP contribution in [-0.2, 0) is 0 Å². The summed E-state index contributed by atoms with van der Waals surface area (Å²) >= 11 is 0. The molecule has 2 rings (SSSR count). The zero-order valence-electron chi connectivity index (χ0n) is 11.8. The highest BCUT2D eigenvalue weighted by molar-refractivity contribution is 5.99. The minimum Gasteiger partial charge on any atom is -0.384 e. The Hall–Kier alpha value is -1.69. The standard InChI is InChI=1S/C13H22N6/c1-18(2)13(6-4-7-13)9-19(3)12-10(11(14)15)5-8-16-17-12/h5,8H,4,6-7,9H2,1-3H3,(H3,14,15). The Morgan fingerprint density at radius 1 is 1.42 bits per heavy atom. The van der Waals surface area contributed by atoms with Crippen molar-refractivity contribution in [2.45, 2.75) is 24.8 Å². The van der Waals surface area contributed by atoms with Gasteiger partial charge in [0.15, 0.2) is 5.82 Å². The first-order valence-electron chi connectivity index (χ1n) is 6.51. The summed E-state index contributed by atoms with van der Waals surface area (Å²) in [6.07, 6.45) is 5.23. The minimum atomic E-state index is 0.0317. The van der Waals surface area contributed by atoms with Gasteiger partial charge in [-0.2, -0.15) is 5.10 Å². The Labute approximate surface area is 114 Å². The van der Waals surface area contributed by atoms with Crippen LogP contribution < -0.4 is 10.6 Å². The number of amidine groups is 1. The second-order valence-electron chi connectivity index (χ2n) is 5.51. The molecule has 6 nitrogen and oxygen atoms in total. The molecule has 0 spiro atoms. The van der Waals surface area contributed by atoms with E-state index in [1.54, 1.807) is 12.3 Å². The van der Waals surface area contributed by atoms with Crippen molar-refractivity contribution >= 4 is 11.7 Å². The highest BCUT2D eigenvalue weighted by Crippen LogP contribution is 2.37. The van der Waals surface area contributed by atoms with Crippen LogP contribution in [0.1, 0.15) is 24.8 Å². The van der Waals surface area contributed by atoms with Gasteiger partial charge in [0, 0.05) is 19.1 Å². The maximum absolute atomic E-state index is 7.62. The number of nitrogens with two attached hydrogens (primary N) is 1. The van der Waals surface area contributed by atoms with Gasteiger partial charge in [0.25, 0.3) is 0 Å². The molecule has 1 fully saturated rings. The molecule has 1 aromatic rings. The van der Waals surface area contributed by atoms with Crippen molar-refractivity contribution in [2.24, 2.45) is 5.73 Å². The lowest BCUT2D eigenvalue weighted by Gasteiger charge is -2.49. The monoisotopic (exact) mass is 262 g/mol. The van der Waals surface area contributed by atoms with Gasteiger partial charge >= 0.3 is 0 Å². The average molecular weight is 262 g/mol. The second-order valence-corrected chi connectivity index (χ2v) is 5.51. The quantitative estimate of drug-likeness (QED) is 0.602.